The Kier molecular flexibility index (Phi) is 5.61. The summed E-state index contributed by atoms with van der Waals surface area (Å²) in [6, 6.07) is 13.2. The Morgan fingerprint density at radius 2 is 1.59 bits per heavy atom. The van der Waals surface area contributed by atoms with Crippen molar-refractivity contribution in [3.8, 4) is 11.5 Å². The third-order valence-electron chi connectivity index (χ3n) is 3.91. The summed E-state index contributed by atoms with van der Waals surface area (Å²) in [6.07, 6.45) is 0. The van der Waals surface area contributed by atoms with Crippen LogP contribution in [0.3, 0.4) is 0 Å². The van der Waals surface area contributed by atoms with Crippen molar-refractivity contribution in [3.63, 3.8) is 0 Å². The van der Waals surface area contributed by atoms with E-state index in [1.54, 1.807) is 32.4 Å². The number of nitrogens with one attached hydrogen (secondary N) is 2. The number of amides is 1. The number of rotatable bonds is 6. The molecule has 140 valence electrons. The van der Waals surface area contributed by atoms with Gasteiger partial charge < -0.3 is 20.1 Å². The van der Waals surface area contributed by atoms with Gasteiger partial charge in [0.05, 0.1) is 19.9 Å². The highest BCUT2D eigenvalue weighted by Gasteiger charge is 2.16. The second kappa shape index (κ2) is 8.09. The van der Waals surface area contributed by atoms with Gasteiger partial charge in [-0.3, -0.25) is 4.79 Å². The summed E-state index contributed by atoms with van der Waals surface area (Å²) >= 11 is 1.31. The molecule has 27 heavy (non-hydrogen) atoms. The molecule has 1 amide bonds. The minimum atomic E-state index is -0.225. The molecule has 1 heterocycles. The lowest BCUT2D eigenvalue weighted by molar-refractivity contribution is 0.103. The maximum absolute atomic E-state index is 12.7. The van der Waals surface area contributed by atoms with Crippen LogP contribution in [-0.4, -0.2) is 25.1 Å². The van der Waals surface area contributed by atoms with E-state index >= 15 is 0 Å². The van der Waals surface area contributed by atoms with E-state index in [-0.39, 0.29) is 5.91 Å². The quantitative estimate of drug-likeness (QED) is 0.641. The fourth-order valence-corrected chi connectivity index (χ4v) is 3.37. The molecule has 3 rings (SSSR count). The fourth-order valence-electron chi connectivity index (χ4n) is 2.49. The van der Waals surface area contributed by atoms with Gasteiger partial charge in [-0.05, 0) is 26.0 Å². The largest absolute Gasteiger partial charge is 0.497 e. The standard InChI is InChI=1S/C20H21N3O3S/c1-12-5-7-14(8-6-12)23-20-21-13(2)18(27-20)19(24)22-15-9-16(25-3)11-17(10-15)26-4/h5-11H,1-4H3,(H,21,23)(H,22,24). The number of hydrogen-bond donors (Lipinski definition) is 2. The van der Waals surface area contributed by atoms with Gasteiger partial charge in [0.15, 0.2) is 5.13 Å². The maximum Gasteiger partial charge on any atom is 0.267 e. The maximum atomic E-state index is 12.7. The normalized spacial score (nSPS) is 10.4. The van der Waals surface area contributed by atoms with E-state index in [1.807, 2.05) is 38.1 Å². The molecule has 0 aliphatic rings. The molecule has 0 aliphatic heterocycles. The molecule has 0 atom stereocenters. The summed E-state index contributed by atoms with van der Waals surface area (Å²) < 4.78 is 10.5. The van der Waals surface area contributed by atoms with Gasteiger partial charge in [-0.15, -0.1) is 0 Å². The number of hydrogen-bond acceptors (Lipinski definition) is 6. The van der Waals surface area contributed by atoms with Crippen LogP contribution in [0.15, 0.2) is 42.5 Å². The molecular formula is C20H21N3O3S. The predicted octanol–water partition coefficient (Wildman–Crippen LogP) is 4.77. The summed E-state index contributed by atoms with van der Waals surface area (Å²) in [7, 11) is 3.13. The van der Waals surface area contributed by atoms with Crippen molar-refractivity contribution in [1.29, 1.82) is 0 Å². The summed E-state index contributed by atoms with van der Waals surface area (Å²) in [5.74, 6) is 0.983. The first-order valence-corrected chi connectivity index (χ1v) is 9.15. The highest BCUT2D eigenvalue weighted by molar-refractivity contribution is 7.17. The van der Waals surface area contributed by atoms with Crippen LogP contribution >= 0.6 is 11.3 Å². The zero-order valence-corrected chi connectivity index (χ0v) is 16.4. The van der Waals surface area contributed by atoms with Crippen molar-refractivity contribution in [1.82, 2.24) is 4.98 Å². The van der Waals surface area contributed by atoms with Crippen LogP contribution in [-0.2, 0) is 0 Å². The van der Waals surface area contributed by atoms with Crippen molar-refractivity contribution in [3.05, 3.63) is 58.6 Å². The van der Waals surface area contributed by atoms with Crippen LogP contribution in [0.5, 0.6) is 11.5 Å². The molecule has 7 heteroatoms. The molecule has 0 fully saturated rings. The van der Waals surface area contributed by atoms with Crippen LogP contribution in [0.1, 0.15) is 20.9 Å². The van der Waals surface area contributed by atoms with E-state index in [1.165, 1.54) is 16.9 Å². The summed E-state index contributed by atoms with van der Waals surface area (Å²) in [5.41, 5.74) is 3.38. The molecule has 0 bridgehead atoms. The Balaban J connectivity index is 1.77. The molecule has 3 aromatic rings. The second-order valence-corrected chi connectivity index (χ2v) is 6.98. The number of aromatic nitrogens is 1. The molecule has 0 radical (unpaired) electrons. The fraction of sp³-hybridized carbons (Fsp3) is 0.200. The average molecular weight is 383 g/mol. The van der Waals surface area contributed by atoms with E-state index in [9.17, 15) is 4.79 Å². The summed E-state index contributed by atoms with van der Waals surface area (Å²) in [6.45, 7) is 3.85. The monoisotopic (exact) mass is 383 g/mol. The third kappa shape index (κ3) is 4.57. The molecule has 2 N–H and O–H groups in total. The van der Waals surface area contributed by atoms with Gasteiger partial charge in [0.2, 0.25) is 0 Å². The highest BCUT2D eigenvalue weighted by Crippen LogP contribution is 2.29. The number of carbonyl (C=O) groups excluding carboxylic acids is 1. The topological polar surface area (TPSA) is 72.5 Å². The van der Waals surface area contributed by atoms with Crippen LogP contribution in [0.4, 0.5) is 16.5 Å². The lowest BCUT2D eigenvalue weighted by Gasteiger charge is -2.09. The van der Waals surface area contributed by atoms with Gasteiger partial charge in [0.25, 0.3) is 5.91 Å². The second-order valence-electron chi connectivity index (χ2n) is 5.98. The Hall–Kier alpha value is -3.06. The van der Waals surface area contributed by atoms with Crippen LogP contribution < -0.4 is 20.1 Å². The van der Waals surface area contributed by atoms with Gasteiger partial charge in [-0.2, -0.15) is 0 Å². The molecule has 0 saturated heterocycles. The lowest BCUT2D eigenvalue weighted by Crippen LogP contribution is -2.11. The third-order valence-corrected chi connectivity index (χ3v) is 4.99. The molecule has 0 aliphatic carbocycles. The van der Waals surface area contributed by atoms with Gasteiger partial charge in [-0.1, -0.05) is 29.0 Å². The Labute approximate surface area is 162 Å². The predicted molar refractivity (Wildman–Crippen MR) is 109 cm³/mol. The number of benzene rings is 2. The van der Waals surface area contributed by atoms with E-state index in [0.717, 1.165) is 5.69 Å². The first kappa shape index (κ1) is 18.7. The summed E-state index contributed by atoms with van der Waals surface area (Å²) in [4.78, 5) is 17.7. The highest BCUT2D eigenvalue weighted by atomic mass is 32.1. The first-order valence-electron chi connectivity index (χ1n) is 8.34. The number of carbonyl (C=O) groups is 1. The summed E-state index contributed by atoms with van der Waals surface area (Å²) in [5, 5.41) is 6.78. The van der Waals surface area contributed by atoms with Crippen molar-refractivity contribution >= 4 is 33.8 Å². The van der Waals surface area contributed by atoms with E-state index in [0.29, 0.717) is 32.9 Å². The van der Waals surface area contributed by atoms with Crippen molar-refractivity contribution < 1.29 is 14.3 Å². The number of ether oxygens (including phenoxy) is 2. The SMILES string of the molecule is COc1cc(NC(=O)c2sc(Nc3ccc(C)cc3)nc2C)cc(OC)c1. The van der Waals surface area contributed by atoms with E-state index < -0.39 is 0 Å². The Morgan fingerprint density at radius 3 is 2.19 bits per heavy atom. The molecular weight excluding hydrogens is 362 g/mol. The average Bonchev–Trinajstić information content (AvgIpc) is 3.03. The number of methoxy groups -OCH3 is 2. The van der Waals surface area contributed by atoms with Crippen LogP contribution in [0.25, 0.3) is 0 Å². The number of aryl methyl sites for hydroxylation is 2. The number of nitrogens with zero attached hydrogens (tertiary/aromatic N) is 1. The zero-order valence-electron chi connectivity index (χ0n) is 15.6. The molecule has 0 unspecified atom stereocenters. The smallest absolute Gasteiger partial charge is 0.267 e. The van der Waals surface area contributed by atoms with Gasteiger partial charge in [0.1, 0.15) is 16.4 Å². The van der Waals surface area contributed by atoms with Gasteiger partial charge in [0, 0.05) is 29.6 Å². The van der Waals surface area contributed by atoms with Crippen molar-refractivity contribution in [2.45, 2.75) is 13.8 Å². The van der Waals surface area contributed by atoms with Crippen LogP contribution in [0.2, 0.25) is 0 Å². The van der Waals surface area contributed by atoms with Crippen LogP contribution in [0, 0.1) is 13.8 Å². The number of thiazole rings is 1. The molecule has 6 nitrogen and oxygen atoms in total. The molecule has 1 aromatic heterocycles. The van der Waals surface area contributed by atoms with Crippen molar-refractivity contribution in [2.75, 3.05) is 24.9 Å². The van der Waals surface area contributed by atoms with E-state index in [4.69, 9.17) is 9.47 Å². The molecule has 2 aromatic carbocycles. The molecule has 0 spiro atoms. The van der Waals surface area contributed by atoms with Gasteiger partial charge >= 0.3 is 0 Å². The Bertz CT molecular complexity index is 929. The number of anilines is 3. The van der Waals surface area contributed by atoms with Crippen molar-refractivity contribution in [2.24, 2.45) is 0 Å². The lowest BCUT2D eigenvalue weighted by atomic mass is 10.2. The zero-order chi connectivity index (χ0) is 19.4. The Morgan fingerprint density at radius 1 is 0.963 bits per heavy atom. The van der Waals surface area contributed by atoms with E-state index in [2.05, 4.69) is 15.6 Å². The minimum absolute atomic E-state index is 0.225. The van der Waals surface area contributed by atoms with Gasteiger partial charge in [-0.25, -0.2) is 4.98 Å². The minimum Gasteiger partial charge on any atom is -0.497 e. The first-order chi connectivity index (χ1) is 13.0. The molecule has 0 saturated carbocycles.